The van der Waals surface area contributed by atoms with E-state index in [1.807, 2.05) is 0 Å². The highest BCUT2D eigenvalue weighted by Gasteiger charge is 2.32. The van der Waals surface area contributed by atoms with Crippen molar-refractivity contribution in [3.05, 3.63) is 59.7 Å². The van der Waals surface area contributed by atoms with E-state index in [4.69, 9.17) is 14.2 Å². The molecule has 222 valence electrons. The van der Waals surface area contributed by atoms with Gasteiger partial charge in [0.1, 0.15) is 17.5 Å². The van der Waals surface area contributed by atoms with Crippen LogP contribution in [0, 0.1) is 0 Å². The lowest BCUT2D eigenvalue weighted by atomic mass is 10.0. The van der Waals surface area contributed by atoms with Crippen LogP contribution in [0.25, 0.3) is 0 Å². The van der Waals surface area contributed by atoms with Crippen LogP contribution in [0.1, 0.15) is 37.8 Å². The van der Waals surface area contributed by atoms with Gasteiger partial charge >= 0.3 is 17.9 Å². The fourth-order valence-corrected chi connectivity index (χ4v) is 3.61. The Morgan fingerprint density at radius 2 is 1.41 bits per heavy atom. The number of carbonyl (C=O) groups excluding carboxylic acids is 5. The average molecular weight is 573 g/mol. The Morgan fingerprint density at radius 3 is 1.98 bits per heavy atom. The second-order valence-electron chi connectivity index (χ2n) is 8.75. The van der Waals surface area contributed by atoms with Crippen molar-refractivity contribution < 1.29 is 48.0 Å². The predicted octanol–water partition coefficient (Wildman–Crippen LogP) is 1.61. The van der Waals surface area contributed by atoms with Crippen molar-refractivity contribution in [1.82, 2.24) is 10.6 Å². The molecule has 0 bridgehead atoms. The van der Waals surface area contributed by atoms with Crippen LogP contribution in [0.4, 0.5) is 0 Å². The van der Waals surface area contributed by atoms with Gasteiger partial charge in [0.2, 0.25) is 11.8 Å². The number of rotatable bonds is 16. The molecule has 0 saturated heterocycles. The van der Waals surface area contributed by atoms with Crippen LogP contribution in [0.5, 0.6) is 11.5 Å². The summed E-state index contributed by atoms with van der Waals surface area (Å²) in [6.45, 7) is 3.60. The molecule has 0 aliphatic rings. The van der Waals surface area contributed by atoms with Gasteiger partial charge < -0.3 is 34.7 Å². The number of carbonyl (C=O) groups is 5. The second kappa shape index (κ2) is 17.2. The molecule has 0 aromatic heterocycles. The molecule has 2 aromatic rings. The van der Waals surface area contributed by atoms with Crippen molar-refractivity contribution in [2.24, 2.45) is 0 Å². The molecule has 0 aliphatic carbocycles. The lowest BCUT2D eigenvalue weighted by Crippen LogP contribution is -2.48. The van der Waals surface area contributed by atoms with Gasteiger partial charge in [-0.1, -0.05) is 24.3 Å². The SMILES string of the molecule is CCOC(=O)C(Oc1ccc(C[C@H](NC(=O)CCC(=O)OC)C(=O)NCCc2ccc(O)cc2)cc1)C(=O)OCC. The van der Waals surface area contributed by atoms with Gasteiger partial charge in [0.25, 0.3) is 6.10 Å². The molecule has 0 fully saturated rings. The fourth-order valence-electron chi connectivity index (χ4n) is 3.61. The van der Waals surface area contributed by atoms with Gasteiger partial charge in [-0.05, 0) is 55.7 Å². The number of aromatic hydroxyl groups is 1. The van der Waals surface area contributed by atoms with Crippen LogP contribution in [0.15, 0.2) is 48.5 Å². The van der Waals surface area contributed by atoms with Crippen LogP contribution in [0.2, 0.25) is 0 Å². The summed E-state index contributed by atoms with van der Waals surface area (Å²) in [5, 5.41) is 14.9. The van der Waals surface area contributed by atoms with E-state index < -0.39 is 41.9 Å². The zero-order valence-corrected chi connectivity index (χ0v) is 23.3. The molecule has 0 unspecified atom stereocenters. The Kier molecular flexibility index (Phi) is 13.6. The summed E-state index contributed by atoms with van der Waals surface area (Å²) in [5.74, 6) is -2.91. The van der Waals surface area contributed by atoms with Crippen molar-refractivity contribution in [2.75, 3.05) is 26.9 Å². The van der Waals surface area contributed by atoms with Gasteiger partial charge in [-0.15, -0.1) is 0 Å². The smallest absolute Gasteiger partial charge is 0.359 e. The van der Waals surface area contributed by atoms with Gasteiger partial charge in [0.05, 0.1) is 26.7 Å². The van der Waals surface area contributed by atoms with Crippen LogP contribution in [-0.2, 0) is 51.0 Å². The third-order valence-corrected chi connectivity index (χ3v) is 5.70. The lowest BCUT2D eigenvalue weighted by Gasteiger charge is -2.19. The molecule has 0 radical (unpaired) electrons. The second-order valence-corrected chi connectivity index (χ2v) is 8.75. The predicted molar refractivity (Wildman–Crippen MR) is 146 cm³/mol. The van der Waals surface area contributed by atoms with Crippen molar-refractivity contribution in [3.8, 4) is 11.5 Å². The molecule has 12 heteroatoms. The van der Waals surface area contributed by atoms with E-state index in [2.05, 4.69) is 15.4 Å². The number of hydrogen-bond donors (Lipinski definition) is 3. The molecule has 2 aromatic carbocycles. The number of phenols is 1. The number of benzene rings is 2. The van der Waals surface area contributed by atoms with Crippen LogP contribution >= 0.6 is 0 Å². The number of nitrogens with one attached hydrogen (secondary N) is 2. The van der Waals surface area contributed by atoms with Gasteiger partial charge in [0, 0.05) is 19.4 Å². The van der Waals surface area contributed by atoms with E-state index in [1.54, 1.807) is 50.2 Å². The third kappa shape index (κ3) is 11.6. The topological polar surface area (TPSA) is 167 Å². The molecule has 2 amide bonds. The van der Waals surface area contributed by atoms with Gasteiger partial charge in [-0.3, -0.25) is 14.4 Å². The first-order valence-electron chi connectivity index (χ1n) is 13.2. The molecular formula is C29H36N2O10. The zero-order valence-electron chi connectivity index (χ0n) is 23.3. The van der Waals surface area contributed by atoms with Crippen molar-refractivity contribution in [1.29, 1.82) is 0 Å². The molecule has 3 N–H and O–H groups in total. The summed E-state index contributed by atoms with van der Waals surface area (Å²) in [5.41, 5.74) is 1.55. The summed E-state index contributed by atoms with van der Waals surface area (Å²) in [6.07, 6.45) is -1.27. The summed E-state index contributed by atoms with van der Waals surface area (Å²) in [6, 6.07) is 11.9. The number of ether oxygens (including phenoxy) is 4. The molecular weight excluding hydrogens is 536 g/mol. The van der Waals surface area contributed by atoms with Crippen LogP contribution in [0.3, 0.4) is 0 Å². The van der Waals surface area contributed by atoms with Crippen LogP contribution < -0.4 is 15.4 Å². The maximum atomic E-state index is 13.0. The third-order valence-electron chi connectivity index (χ3n) is 5.70. The molecule has 2 rings (SSSR count). The monoisotopic (exact) mass is 572 g/mol. The van der Waals surface area contributed by atoms with E-state index in [1.165, 1.54) is 19.2 Å². The Hall–Kier alpha value is -4.61. The maximum Gasteiger partial charge on any atom is 0.359 e. The Morgan fingerprint density at radius 1 is 0.829 bits per heavy atom. The van der Waals surface area contributed by atoms with E-state index in [0.29, 0.717) is 12.0 Å². The van der Waals surface area contributed by atoms with E-state index >= 15 is 0 Å². The summed E-state index contributed by atoms with van der Waals surface area (Å²) in [7, 11) is 1.22. The highest BCUT2D eigenvalue weighted by molar-refractivity contribution is 5.98. The minimum Gasteiger partial charge on any atom is -0.508 e. The summed E-state index contributed by atoms with van der Waals surface area (Å²) in [4.78, 5) is 61.3. The van der Waals surface area contributed by atoms with Gasteiger partial charge in [-0.2, -0.15) is 0 Å². The quantitative estimate of drug-likeness (QED) is 0.153. The molecule has 0 heterocycles. The number of amides is 2. The standard InChI is InChI=1S/C29H36N2O10/c1-4-39-28(36)26(29(37)40-5-2)41-22-12-8-20(9-13-22)18-23(31-24(33)14-15-25(34)38-3)27(35)30-17-16-19-6-10-21(32)11-7-19/h6-13,23,26,32H,4-5,14-18H2,1-3H3,(H,30,35)(H,31,33)/t23-/m0/s1. The molecule has 1 atom stereocenters. The van der Waals surface area contributed by atoms with Crippen molar-refractivity contribution >= 4 is 29.7 Å². The first-order chi connectivity index (χ1) is 19.7. The van der Waals surface area contributed by atoms with Crippen molar-refractivity contribution in [2.45, 2.75) is 51.7 Å². The average Bonchev–Trinajstić information content (AvgIpc) is 2.96. The first kappa shape index (κ1) is 32.6. The normalized spacial score (nSPS) is 11.2. The number of methoxy groups -OCH3 is 1. The molecule has 0 spiro atoms. The largest absolute Gasteiger partial charge is 0.508 e. The number of phenolic OH excluding ortho intramolecular Hbond substituents is 1. The Labute approximate surface area is 238 Å². The lowest BCUT2D eigenvalue weighted by molar-refractivity contribution is -0.166. The summed E-state index contributed by atoms with van der Waals surface area (Å²) >= 11 is 0. The minimum atomic E-state index is -1.60. The van der Waals surface area contributed by atoms with E-state index in [0.717, 1.165) is 5.56 Å². The van der Waals surface area contributed by atoms with Crippen molar-refractivity contribution in [3.63, 3.8) is 0 Å². The molecule has 12 nitrogen and oxygen atoms in total. The van der Waals surface area contributed by atoms with Gasteiger partial charge in [0.15, 0.2) is 0 Å². The molecule has 0 saturated carbocycles. The summed E-state index contributed by atoms with van der Waals surface area (Å²) < 4.78 is 19.9. The fraction of sp³-hybridized carbons (Fsp3) is 0.414. The van der Waals surface area contributed by atoms with Crippen LogP contribution in [-0.4, -0.2) is 73.8 Å². The zero-order chi connectivity index (χ0) is 30.2. The minimum absolute atomic E-state index is 0.0563. The molecule has 0 aliphatic heterocycles. The van der Waals surface area contributed by atoms with E-state index in [9.17, 15) is 29.1 Å². The number of esters is 3. The number of hydrogen-bond acceptors (Lipinski definition) is 10. The van der Waals surface area contributed by atoms with Gasteiger partial charge in [-0.25, -0.2) is 9.59 Å². The highest BCUT2D eigenvalue weighted by Crippen LogP contribution is 2.17. The maximum absolute atomic E-state index is 13.0. The first-order valence-corrected chi connectivity index (χ1v) is 13.2. The molecule has 41 heavy (non-hydrogen) atoms. The van der Waals surface area contributed by atoms with E-state index in [-0.39, 0.29) is 50.5 Å². The Balaban J connectivity index is 2.09. The Bertz CT molecular complexity index is 1150. The highest BCUT2D eigenvalue weighted by atomic mass is 16.6.